The zero-order valence-electron chi connectivity index (χ0n) is 18.9. The van der Waals surface area contributed by atoms with Crippen LogP contribution in [-0.2, 0) is 15.3 Å². The van der Waals surface area contributed by atoms with Crippen molar-refractivity contribution in [2.24, 2.45) is 0 Å². The van der Waals surface area contributed by atoms with E-state index in [9.17, 15) is 14.4 Å². The van der Waals surface area contributed by atoms with Crippen molar-refractivity contribution in [2.75, 3.05) is 5.32 Å². The maximum atomic E-state index is 13.7. The van der Waals surface area contributed by atoms with Crippen molar-refractivity contribution in [1.82, 2.24) is 10.3 Å². The normalized spacial score (nSPS) is 11.5. The molecule has 33 heavy (non-hydrogen) atoms. The van der Waals surface area contributed by atoms with Gasteiger partial charge < -0.3 is 10.6 Å². The monoisotopic (exact) mass is 461 g/mol. The van der Waals surface area contributed by atoms with E-state index in [0.717, 1.165) is 28.5 Å². The van der Waals surface area contributed by atoms with Gasteiger partial charge in [0.1, 0.15) is 0 Å². The minimum atomic E-state index is -0.273. The third-order valence-corrected chi connectivity index (χ3v) is 6.02. The average molecular weight is 462 g/mol. The number of anilines is 1. The number of thioether (sulfide) groups is 1. The smallest absolute Gasteiger partial charge is 0.252 e. The summed E-state index contributed by atoms with van der Waals surface area (Å²) in [6.45, 7) is 5.19. The standard InChI is InChI=1S/C26H27N3O3S/c1-4-23(31)29-22-11-10-21(16-33-18(3)30)25(24(22)20-8-6-5-7-9-20)26(32)28-17(2)19-12-14-27-15-13-19/h5-15,17H,4,16H2,1-3H3,(H,28,32)(H,29,31). The Labute approximate surface area is 198 Å². The topological polar surface area (TPSA) is 88.2 Å². The highest BCUT2D eigenvalue weighted by molar-refractivity contribution is 8.12. The van der Waals surface area contributed by atoms with E-state index in [4.69, 9.17) is 0 Å². The largest absolute Gasteiger partial charge is 0.345 e. The van der Waals surface area contributed by atoms with Crippen LogP contribution >= 0.6 is 11.8 Å². The number of benzene rings is 2. The molecule has 0 aliphatic rings. The maximum absolute atomic E-state index is 13.7. The predicted octanol–water partition coefficient (Wildman–Crippen LogP) is 5.37. The van der Waals surface area contributed by atoms with Crippen LogP contribution in [0.2, 0.25) is 0 Å². The molecule has 1 atom stereocenters. The molecule has 0 spiro atoms. The Bertz CT molecular complexity index is 1130. The molecule has 7 heteroatoms. The fourth-order valence-electron chi connectivity index (χ4n) is 3.46. The maximum Gasteiger partial charge on any atom is 0.252 e. The van der Waals surface area contributed by atoms with Gasteiger partial charge in [-0.1, -0.05) is 55.1 Å². The zero-order chi connectivity index (χ0) is 23.8. The second-order valence-electron chi connectivity index (χ2n) is 7.55. The minimum absolute atomic E-state index is 0.0314. The van der Waals surface area contributed by atoms with E-state index in [2.05, 4.69) is 15.6 Å². The summed E-state index contributed by atoms with van der Waals surface area (Å²) in [6, 6.07) is 16.5. The molecule has 2 aromatic carbocycles. The summed E-state index contributed by atoms with van der Waals surface area (Å²) in [5, 5.41) is 5.97. The number of nitrogens with one attached hydrogen (secondary N) is 2. The fraction of sp³-hybridized carbons (Fsp3) is 0.231. The molecule has 0 fully saturated rings. The molecular weight excluding hydrogens is 434 g/mol. The first-order valence-corrected chi connectivity index (χ1v) is 11.7. The van der Waals surface area contributed by atoms with Gasteiger partial charge in [-0.25, -0.2) is 0 Å². The molecular formula is C26H27N3O3S. The molecule has 0 aliphatic carbocycles. The summed E-state index contributed by atoms with van der Waals surface area (Å²) in [4.78, 5) is 41.6. The number of nitrogens with zero attached hydrogens (tertiary/aromatic N) is 1. The predicted molar refractivity (Wildman–Crippen MR) is 133 cm³/mol. The summed E-state index contributed by atoms with van der Waals surface area (Å²) in [5.74, 6) is -0.0664. The van der Waals surface area contributed by atoms with Gasteiger partial charge in [-0.3, -0.25) is 19.4 Å². The van der Waals surface area contributed by atoms with E-state index in [1.807, 2.05) is 49.4 Å². The summed E-state index contributed by atoms with van der Waals surface area (Å²) in [6.07, 6.45) is 3.68. The number of pyridine rings is 1. The van der Waals surface area contributed by atoms with Gasteiger partial charge in [0.25, 0.3) is 5.91 Å². The number of amides is 2. The number of carbonyl (C=O) groups excluding carboxylic acids is 3. The van der Waals surface area contributed by atoms with Crippen LogP contribution in [0.3, 0.4) is 0 Å². The van der Waals surface area contributed by atoms with Crippen molar-refractivity contribution in [1.29, 1.82) is 0 Å². The van der Waals surface area contributed by atoms with Crippen molar-refractivity contribution in [3.63, 3.8) is 0 Å². The Hall–Kier alpha value is -3.45. The van der Waals surface area contributed by atoms with Crippen molar-refractivity contribution in [2.45, 2.75) is 39.0 Å². The molecule has 3 rings (SSSR count). The van der Waals surface area contributed by atoms with E-state index < -0.39 is 0 Å². The highest BCUT2D eigenvalue weighted by Crippen LogP contribution is 2.36. The van der Waals surface area contributed by atoms with Gasteiger partial charge in [-0.15, -0.1) is 0 Å². The van der Waals surface area contributed by atoms with Crippen LogP contribution in [0.15, 0.2) is 67.0 Å². The van der Waals surface area contributed by atoms with Crippen LogP contribution in [0, 0.1) is 0 Å². The van der Waals surface area contributed by atoms with E-state index in [1.54, 1.807) is 31.5 Å². The van der Waals surface area contributed by atoms with Crippen LogP contribution in [0.1, 0.15) is 54.7 Å². The molecule has 1 unspecified atom stereocenters. The Kier molecular flexibility index (Phi) is 8.38. The molecule has 3 aromatic rings. The van der Waals surface area contributed by atoms with E-state index >= 15 is 0 Å². The number of rotatable bonds is 8. The molecule has 0 saturated carbocycles. The molecule has 0 aliphatic heterocycles. The third kappa shape index (κ3) is 6.29. The minimum Gasteiger partial charge on any atom is -0.345 e. The molecule has 170 valence electrons. The lowest BCUT2D eigenvalue weighted by Crippen LogP contribution is -2.28. The Morgan fingerprint density at radius 2 is 1.70 bits per heavy atom. The molecule has 0 bridgehead atoms. The highest BCUT2D eigenvalue weighted by Gasteiger charge is 2.23. The van der Waals surface area contributed by atoms with Crippen molar-refractivity contribution in [3.8, 4) is 11.1 Å². The highest BCUT2D eigenvalue weighted by atomic mass is 32.2. The van der Waals surface area contributed by atoms with Gasteiger partial charge in [0, 0.05) is 42.7 Å². The van der Waals surface area contributed by atoms with Gasteiger partial charge in [-0.05, 0) is 41.8 Å². The first-order valence-electron chi connectivity index (χ1n) is 10.8. The molecule has 1 aromatic heterocycles. The molecule has 2 amide bonds. The summed E-state index contributed by atoms with van der Waals surface area (Å²) in [7, 11) is 0. The first-order chi connectivity index (χ1) is 15.9. The number of hydrogen-bond acceptors (Lipinski definition) is 5. The van der Waals surface area contributed by atoms with E-state index in [0.29, 0.717) is 29.0 Å². The second-order valence-corrected chi connectivity index (χ2v) is 8.70. The quantitative estimate of drug-likeness (QED) is 0.471. The van der Waals surface area contributed by atoms with Crippen LogP contribution in [0.4, 0.5) is 5.69 Å². The molecule has 1 heterocycles. The Morgan fingerprint density at radius 1 is 1.00 bits per heavy atom. The summed E-state index contributed by atoms with van der Waals surface area (Å²) < 4.78 is 0. The number of aromatic nitrogens is 1. The molecule has 0 radical (unpaired) electrons. The van der Waals surface area contributed by atoms with Gasteiger partial charge in [-0.2, -0.15) is 0 Å². The molecule has 0 saturated heterocycles. The fourth-order valence-corrected chi connectivity index (χ4v) is 4.06. The first kappa shape index (κ1) is 24.2. The third-order valence-electron chi connectivity index (χ3n) is 5.16. The lowest BCUT2D eigenvalue weighted by Gasteiger charge is -2.21. The van der Waals surface area contributed by atoms with E-state index in [-0.39, 0.29) is 23.0 Å². The van der Waals surface area contributed by atoms with Gasteiger partial charge in [0.15, 0.2) is 5.12 Å². The zero-order valence-corrected chi connectivity index (χ0v) is 19.7. The average Bonchev–Trinajstić information content (AvgIpc) is 2.83. The van der Waals surface area contributed by atoms with Crippen LogP contribution in [0.5, 0.6) is 0 Å². The Morgan fingerprint density at radius 3 is 2.33 bits per heavy atom. The lowest BCUT2D eigenvalue weighted by molar-refractivity contribution is -0.116. The van der Waals surface area contributed by atoms with E-state index in [1.165, 1.54) is 6.92 Å². The van der Waals surface area contributed by atoms with Crippen molar-refractivity contribution >= 4 is 34.4 Å². The second kappa shape index (κ2) is 11.4. The van der Waals surface area contributed by atoms with Gasteiger partial charge in [0.2, 0.25) is 5.91 Å². The van der Waals surface area contributed by atoms with Crippen LogP contribution in [0.25, 0.3) is 11.1 Å². The number of hydrogen-bond donors (Lipinski definition) is 2. The van der Waals surface area contributed by atoms with Crippen LogP contribution < -0.4 is 10.6 Å². The van der Waals surface area contributed by atoms with Crippen molar-refractivity contribution < 1.29 is 14.4 Å². The van der Waals surface area contributed by atoms with Crippen molar-refractivity contribution in [3.05, 3.63) is 83.7 Å². The lowest BCUT2D eigenvalue weighted by atomic mass is 9.93. The summed E-state index contributed by atoms with van der Waals surface area (Å²) in [5.41, 5.74) is 4.10. The summed E-state index contributed by atoms with van der Waals surface area (Å²) >= 11 is 1.14. The number of carbonyl (C=O) groups is 3. The molecule has 2 N–H and O–H groups in total. The van der Waals surface area contributed by atoms with Gasteiger partial charge >= 0.3 is 0 Å². The van der Waals surface area contributed by atoms with Gasteiger partial charge in [0.05, 0.1) is 11.6 Å². The van der Waals surface area contributed by atoms with Crippen LogP contribution in [-0.4, -0.2) is 21.9 Å². The SMILES string of the molecule is CCC(=O)Nc1ccc(CSC(C)=O)c(C(=O)NC(C)c2ccncc2)c1-c1ccccc1. The molecule has 6 nitrogen and oxygen atoms in total. The Balaban J connectivity index is 2.13.